The summed E-state index contributed by atoms with van der Waals surface area (Å²) in [7, 11) is 1.51. The summed E-state index contributed by atoms with van der Waals surface area (Å²) in [5.41, 5.74) is 2.28. The highest BCUT2D eigenvalue weighted by molar-refractivity contribution is 5.99. The fourth-order valence-electron chi connectivity index (χ4n) is 1.32. The monoisotopic (exact) mass is 243 g/mol. The van der Waals surface area contributed by atoms with Gasteiger partial charge in [0.2, 0.25) is 0 Å². The number of rotatable bonds is 4. The van der Waals surface area contributed by atoms with E-state index in [2.05, 4.69) is 10.4 Å². The Labute approximate surface area is 98.5 Å². The van der Waals surface area contributed by atoms with E-state index in [0.717, 1.165) is 0 Å². The molecule has 0 aliphatic carbocycles. The third-order valence-electron chi connectivity index (χ3n) is 2.22. The van der Waals surface area contributed by atoms with Gasteiger partial charge in [-0.2, -0.15) is 0 Å². The van der Waals surface area contributed by atoms with Gasteiger partial charge in [0.15, 0.2) is 0 Å². The number of ether oxygens (including phenoxy) is 1. The molecular weight excluding hydrogens is 228 g/mol. The average molecular weight is 243 g/mol. The average Bonchev–Trinajstić information content (AvgIpc) is 2.32. The number of hydrazine groups is 1. The first-order valence-corrected chi connectivity index (χ1v) is 5.06. The van der Waals surface area contributed by atoms with E-state index in [9.17, 15) is 8.78 Å². The maximum atomic E-state index is 13.8. The van der Waals surface area contributed by atoms with Crippen LogP contribution in [0.25, 0.3) is 0 Å². The molecule has 0 aliphatic rings. The second-order valence-electron chi connectivity index (χ2n) is 3.42. The molecule has 0 radical (unpaired) electrons. The van der Waals surface area contributed by atoms with Crippen molar-refractivity contribution < 1.29 is 13.5 Å². The fourth-order valence-corrected chi connectivity index (χ4v) is 1.32. The SMILES string of the molecule is COCCN=C(NN)c1c(F)ccc(C)c1F. The molecular formula is C11H15F2N3O. The molecule has 6 heteroatoms. The molecule has 0 spiro atoms. The van der Waals surface area contributed by atoms with E-state index in [1.165, 1.54) is 19.2 Å². The summed E-state index contributed by atoms with van der Waals surface area (Å²) >= 11 is 0. The standard InChI is InChI=1S/C11H15F2N3O/c1-7-3-4-8(12)9(10(7)13)11(16-14)15-5-6-17-2/h3-4H,5-6,14H2,1-2H3,(H,15,16). The number of aliphatic imine (C=N–C) groups is 1. The molecule has 94 valence electrons. The minimum absolute atomic E-state index is 0.0271. The Morgan fingerprint density at radius 2 is 2.18 bits per heavy atom. The number of benzene rings is 1. The van der Waals surface area contributed by atoms with Gasteiger partial charge in [0, 0.05) is 7.11 Å². The first-order valence-electron chi connectivity index (χ1n) is 5.06. The highest BCUT2D eigenvalue weighted by Gasteiger charge is 2.16. The van der Waals surface area contributed by atoms with Crippen LogP contribution in [-0.2, 0) is 4.74 Å². The van der Waals surface area contributed by atoms with Crippen molar-refractivity contribution in [2.24, 2.45) is 10.8 Å². The Hall–Kier alpha value is -1.53. The molecule has 4 nitrogen and oxygen atoms in total. The molecule has 1 aromatic rings. The molecule has 0 saturated carbocycles. The number of halogens is 2. The van der Waals surface area contributed by atoms with Crippen LogP contribution in [0.2, 0.25) is 0 Å². The number of methoxy groups -OCH3 is 1. The molecule has 0 bridgehead atoms. The van der Waals surface area contributed by atoms with E-state index in [1.54, 1.807) is 6.92 Å². The molecule has 3 N–H and O–H groups in total. The van der Waals surface area contributed by atoms with Crippen LogP contribution in [0.15, 0.2) is 17.1 Å². The lowest BCUT2D eigenvalue weighted by atomic mass is 10.1. The second kappa shape index (κ2) is 6.27. The van der Waals surface area contributed by atoms with E-state index >= 15 is 0 Å². The molecule has 0 atom stereocenters. The van der Waals surface area contributed by atoms with Crippen molar-refractivity contribution >= 4 is 5.84 Å². The van der Waals surface area contributed by atoms with Crippen molar-refractivity contribution in [3.63, 3.8) is 0 Å². The van der Waals surface area contributed by atoms with E-state index in [1.807, 2.05) is 0 Å². The lowest BCUT2D eigenvalue weighted by Crippen LogP contribution is -2.33. The molecule has 0 aliphatic heterocycles. The summed E-state index contributed by atoms with van der Waals surface area (Å²) < 4.78 is 32.1. The van der Waals surface area contributed by atoms with Crippen LogP contribution in [0.4, 0.5) is 8.78 Å². The number of aryl methyl sites for hydroxylation is 1. The van der Waals surface area contributed by atoms with E-state index in [4.69, 9.17) is 10.6 Å². The molecule has 0 unspecified atom stereocenters. The van der Waals surface area contributed by atoms with Crippen molar-refractivity contribution in [2.45, 2.75) is 6.92 Å². The van der Waals surface area contributed by atoms with Crippen LogP contribution in [0.5, 0.6) is 0 Å². The van der Waals surface area contributed by atoms with Crippen LogP contribution in [0, 0.1) is 18.6 Å². The van der Waals surface area contributed by atoms with Crippen LogP contribution < -0.4 is 11.3 Å². The zero-order valence-corrected chi connectivity index (χ0v) is 9.76. The molecule has 1 rings (SSSR count). The summed E-state index contributed by atoms with van der Waals surface area (Å²) in [6, 6.07) is 2.54. The Morgan fingerprint density at radius 3 is 2.76 bits per heavy atom. The Bertz CT molecular complexity index is 421. The summed E-state index contributed by atoms with van der Waals surface area (Å²) in [6.45, 7) is 2.16. The van der Waals surface area contributed by atoms with E-state index in [-0.39, 0.29) is 17.9 Å². The normalized spacial score (nSPS) is 11.7. The maximum absolute atomic E-state index is 13.8. The van der Waals surface area contributed by atoms with Gasteiger partial charge in [0.05, 0.1) is 18.7 Å². The molecule has 0 saturated heterocycles. The topological polar surface area (TPSA) is 59.6 Å². The molecule has 0 aromatic heterocycles. The van der Waals surface area contributed by atoms with Crippen LogP contribution in [0.3, 0.4) is 0 Å². The third-order valence-corrected chi connectivity index (χ3v) is 2.22. The van der Waals surface area contributed by atoms with Crippen LogP contribution >= 0.6 is 0 Å². The minimum atomic E-state index is -0.706. The third kappa shape index (κ3) is 3.21. The largest absolute Gasteiger partial charge is 0.383 e. The maximum Gasteiger partial charge on any atom is 0.148 e. The van der Waals surface area contributed by atoms with Gasteiger partial charge < -0.3 is 10.2 Å². The highest BCUT2D eigenvalue weighted by atomic mass is 19.1. The molecule has 0 amide bonds. The van der Waals surface area contributed by atoms with Gasteiger partial charge in [0.1, 0.15) is 17.5 Å². The van der Waals surface area contributed by atoms with Gasteiger partial charge in [-0.1, -0.05) is 6.07 Å². The fraction of sp³-hybridized carbons (Fsp3) is 0.364. The van der Waals surface area contributed by atoms with Crippen molar-refractivity contribution in [3.8, 4) is 0 Å². The second-order valence-corrected chi connectivity index (χ2v) is 3.42. The molecule has 17 heavy (non-hydrogen) atoms. The zero-order valence-electron chi connectivity index (χ0n) is 9.76. The highest BCUT2D eigenvalue weighted by Crippen LogP contribution is 2.16. The number of nitrogens with one attached hydrogen (secondary N) is 1. The van der Waals surface area contributed by atoms with Crippen molar-refractivity contribution in [1.29, 1.82) is 0 Å². The van der Waals surface area contributed by atoms with Crippen molar-refractivity contribution in [2.75, 3.05) is 20.3 Å². The van der Waals surface area contributed by atoms with Crippen molar-refractivity contribution in [1.82, 2.24) is 5.43 Å². The predicted molar refractivity (Wildman–Crippen MR) is 61.7 cm³/mol. The minimum Gasteiger partial charge on any atom is -0.383 e. The van der Waals surface area contributed by atoms with Gasteiger partial charge in [0.25, 0.3) is 0 Å². The number of amidine groups is 1. The summed E-state index contributed by atoms with van der Waals surface area (Å²) in [5.74, 6) is 3.82. The Balaban J connectivity index is 3.11. The number of hydrogen-bond donors (Lipinski definition) is 2. The predicted octanol–water partition coefficient (Wildman–Crippen LogP) is 1.13. The quantitative estimate of drug-likeness (QED) is 0.274. The summed E-state index contributed by atoms with van der Waals surface area (Å²) in [6.07, 6.45) is 0. The molecule has 0 heterocycles. The van der Waals surface area contributed by atoms with E-state index in [0.29, 0.717) is 12.2 Å². The number of nitrogens with zero attached hydrogens (tertiary/aromatic N) is 1. The van der Waals surface area contributed by atoms with Gasteiger partial charge in [-0.25, -0.2) is 14.6 Å². The van der Waals surface area contributed by atoms with Crippen molar-refractivity contribution in [3.05, 3.63) is 34.9 Å². The number of nitrogens with two attached hydrogens (primary N) is 1. The van der Waals surface area contributed by atoms with Gasteiger partial charge >= 0.3 is 0 Å². The first-order chi connectivity index (χ1) is 8.11. The lowest BCUT2D eigenvalue weighted by molar-refractivity contribution is 0.208. The lowest BCUT2D eigenvalue weighted by Gasteiger charge is -2.10. The van der Waals surface area contributed by atoms with Gasteiger partial charge in [-0.05, 0) is 18.6 Å². The Kier molecular flexibility index (Phi) is 4.99. The van der Waals surface area contributed by atoms with Gasteiger partial charge in [-0.3, -0.25) is 4.99 Å². The molecule has 1 aromatic carbocycles. The molecule has 0 fully saturated rings. The first kappa shape index (κ1) is 13.5. The Morgan fingerprint density at radius 1 is 1.47 bits per heavy atom. The zero-order chi connectivity index (χ0) is 12.8. The summed E-state index contributed by atoms with van der Waals surface area (Å²) in [4.78, 5) is 3.94. The number of hydrogen-bond acceptors (Lipinski definition) is 3. The smallest absolute Gasteiger partial charge is 0.148 e. The van der Waals surface area contributed by atoms with Crippen LogP contribution in [-0.4, -0.2) is 26.1 Å². The van der Waals surface area contributed by atoms with Gasteiger partial charge in [-0.15, -0.1) is 0 Å². The van der Waals surface area contributed by atoms with Crippen LogP contribution in [0.1, 0.15) is 11.1 Å². The summed E-state index contributed by atoms with van der Waals surface area (Å²) in [5, 5.41) is 0. The van der Waals surface area contributed by atoms with E-state index < -0.39 is 11.6 Å².